The third-order valence-corrected chi connectivity index (χ3v) is 4.48. The lowest BCUT2D eigenvalue weighted by atomic mass is 10.4. The van der Waals surface area contributed by atoms with Crippen molar-refractivity contribution in [3.63, 3.8) is 0 Å². The number of alkyl halides is 1. The monoisotopic (exact) mass is 332 g/mol. The molecule has 0 amide bonds. The van der Waals surface area contributed by atoms with Gasteiger partial charge in [-0.05, 0) is 6.42 Å². The number of aromatic amines is 1. The first-order valence-electron chi connectivity index (χ1n) is 6.56. The molecule has 0 aliphatic carbocycles. The third kappa shape index (κ3) is 3.17. The fourth-order valence-corrected chi connectivity index (χ4v) is 3.16. The molecule has 2 aromatic rings. The van der Waals surface area contributed by atoms with Crippen LogP contribution < -0.4 is 11.2 Å². The van der Waals surface area contributed by atoms with Gasteiger partial charge in [0.05, 0.1) is 6.10 Å². The van der Waals surface area contributed by atoms with Crippen LogP contribution in [0.5, 0.6) is 0 Å². The van der Waals surface area contributed by atoms with E-state index in [4.69, 9.17) is 11.6 Å². The summed E-state index contributed by atoms with van der Waals surface area (Å²) in [5, 5.41) is 10.2. The van der Waals surface area contributed by atoms with E-state index in [1.807, 2.05) is 6.92 Å². The van der Waals surface area contributed by atoms with Gasteiger partial charge in [-0.25, -0.2) is 9.78 Å². The van der Waals surface area contributed by atoms with Crippen LogP contribution >= 0.6 is 23.4 Å². The van der Waals surface area contributed by atoms with Gasteiger partial charge in [0.25, 0.3) is 5.56 Å². The van der Waals surface area contributed by atoms with E-state index in [0.29, 0.717) is 28.6 Å². The standard InChI is InChI=1S/C12H17ClN4O3S/c1-3-4-17-8-9(16(2)11(20)15-10(8)19)14-12(17)21-6-7(18)5-13/h7,18H,3-6H2,1-2H3,(H,15,19,20)/t7-/m0/s1. The van der Waals surface area contributed by atoms with Gasteiger partial charge in [-0.15, -0.1) is 11.6 Å². The molecule has 9 heteroatoms. The Kier molecular flexibility index (Phi) is 5.13. The molecular weight excluding hydrogens is 316 g/mol. The molecule has 2 heterocycles. The Morgan fingerprint density at radius 2 is 2.19 bits per heavy atom. The number of nitrogens with zero attached hydrogens (tertiary/aromatic N) is 3. The Morgan fingerprint density at radius 1 is 1.48 bits per heavy atom. The van der Waals surface area contributed by atoms with Crippen molar-refractivity contribution in [2.75, 3.05) is 11.6 Å². The summed E-state index contributed by atoms with van der Waals surface area (Å²) in [6, 6.07) is 0. The number of aliphatic hydroxyl groups excluding tert-OH is 1. The fourth-order valence-electron chi connectivity index (χ4n) is 1.97. The molecule has 0 unspecified atom stereocenters. The number of aromatic nitrogens is 4. The number of rotatable bonds is 6. The highest BCUT2D eigenvalue weighted by Crippen LogP contribution is 2.22. The molecule has 2 aromatic heterocycles. The summed E-state index contributed by atoms with van der Waals surface area (Å²) in [7, 11) is 1.56. The normalized spacial score (nSPS) is 13.0. The number of nitrogens with one attached hydrogen (secondary N) is 1. The molecule has 0 aromatic carbocycles. The van der Waals surface area contributed by atoms with E-state index in [1.165, 1.54) is 16.3 Å². The molecule has 0 spiro atoms. The number of aryl methyl sites for hydroxylation is 2. The van der Waals surface area contributed by atoms with Crippen LogP contribution in [0.1, 0.15) is 13.3 Å². The molecule has 116 valence electrons. The maximum absolute atomic E-state index is 12.0. The molecule has 0 radical (unpaired) electrons. The number of aliphatic hydroxyl groups is 1. The van der Waals surface area contributed by atoms with Crippen molar-refractivity contribution in [2.45, 2.75) is 31.1 Å². The zero-order chi connectivity index (χ0) is 15.6. The van der Waals surface area contributed by atoms with E-state index in [1.54, 1.807) is 11.6 Å². The average molecular weight is 333 g/mol. The number of hydrogen-bond acceptors (Lipinski definition) is 5. The lowest BCUT2D eigenvalue weighted by Crippen LogP contribution is -2.29. The largest absolute Gasteiger partial charge is 0.391 e. The maximum atomic E-state index is 12.0. The van der Waals surface area contributed by atoms with E-state index in [0.717, 1.165) is 6.42 Å². The van der Waals surface area contributed by atoms with Gasteiger partial charge in [0.15, 0.2) is 16.3 Å². The van der Waals surface area contributed by atoms with Crippen LogP contribution in [-0.2, 0) is 13.6 Å². The van der Waals surface area contributed by atoms with Crippen molar-refractivity contribution < 1.29 is 5.11 Å². The van der Waals surface area contributed by atoms with Crippen LogP contribution in [0.25, 0.3) is 11.2 Å². The fraction of sp³-hybridized carbons (Fsp3) is 0.583. The Hall–Kier alpha value is -1.25. The predicted molar refractivity (Wildman–Crippen MR) is 83.3 cm³/mol. The summed E-state index contributed by atoms with van der Waals surface area (Å²) in [5.41, 5.74) is -0.216. The average Bonchev–Trinajstić information content (AvgIpc) is 2.82. The van der Waals surface area contributed by atoms with Crippen molar-refractivity contribution in [1.29, 1.82) is 0 Å². The van der Waals surface area contributed by atoms with Gasteiger partial charge >= 0.3 is 5.69 Å². The smallest absolute Gasteiger partial charge is 0.329 e. The lowest BCUT2D eigenvalue weighted by molar-refractivity contribution is 0.223. The van der Waals surface area contributed by atoms with Crippen molar-refractivity contribution in [2.24, 2.45) is 7.05 Å². The van der Waals surface area contributed by atoms with Gasteiger partial charge in [-0.2, -0.15) is 0 Å². The van der Waals surface area contributed by atoms with Crippen LogP contribution in [-0.4, -0.2) is 41.9 Å². The minimum Gasteiger partial charge on any atom is -0.391 e. The maximum Gasteiger partial charge on any atom is 0.329 e. The van der Waals surface area contributed by atoms with E-state index in [-0.39, 0.29) is 5.88 Å². The number of fused-ring (bicyclic) bond motifs is 1. The molecule has 0 fully saturated rings. The minimum absolute atomic E-state index is 0.139. The second-order valence-electron chi connectivity index (χ2n) is 4.66. The summed E-state index contributed by atoms with van der Waals surface area (Å²) < 4.78 is 3.09. The molecule has 0 aliphatic heterocycles. The summed E-state index contributed by atoms with van der Waals surface area (Å²) in [6.07, 6.45) is 0.174. The van der Waals surface area contributed by atoms with Crippen LogP contribution in [0.2, 0.25) is 0 Å². The van der Waals surface area contributed by atoms with Gasteiger partial charge < -0.3 is 9.67 Å². The lowest BCUT2D eigenvalue weighted by Gasteiger charge is -2.08. The molecule has 1 atom stereocenters. The molecule has 2 N–H and O–H groups in total. The molecule has 2 rings (SSSR count). The number of hydrogen-bond donors (Lipinski definition) is 2. The SMILES string of the molecule is CCCn1c(SC[C@@H](O)CCl)nc2c1c(=O)[nH]c(=O)n2C. The molecule has 7 nitrogen and oxygen atoms in total. The zero-order valence-electron chi connectivity index (χ0n) is 11.8. The van der Waals surface area contributed by atoms with Crippen molar-refractivity contribution in [3.05, 3.63) is 20.8 Å². The van der Waals surface area contributed by atoms with Crippen LogP contribution in [0.3, 0.4) is 0 Å². The first-order chi connectivity index (χ1) is 9.99. The quantitative estimate of drug-likeness (QED) is 0.594. The van der Waals surface area contributed by atoms with Gasteiger partial charge in [0, 0.05) is 25.2 Å². The zero-order valence-corrected chi connectivity index (χ0v) is 13.4. The number of halogens is 1. The second kappa shape index (κ2) is 6.67. The highest BCUT2D eigenvalue weighted by molar-refractivity contribution is 7.99. The summed E-state index contributed by atoms with van der Waals surface area (Å²) >= 11 is 6.90. The van der Waals surface area contributed by atoms with Crippen molar-refractivity contribution in [1.82, 2.24) is 19.1 Å². The van der Waals surface area contributed by atoms with Gasteiger partial charge in [-0.3, -0.25) is 14.3 Å². The summed E-state index contributed by atoms with van der Waals surface area (Å²) in [5.74, 6) is 0.516. The number of imidazole rings is 1. The van der Waals surface area contributed by atoms with Crippen molar-refractivity contribution >= 4 is 34.5 Å². The Morgan fingerprint density at radius 3 is 2.81 bits per heavy atom. The first kappa shape index (κ1) is 16.1. The Bertz CT molecular complexity index is 751. The number of thioether (sulfide) groups is 1. The van der Waals surface area contributed by atoms with Gasteiger partial charge in [0.2, 0.25) is 0 Å². The van der Waals surface area contributed by atoms with Crippen molar-refractivity contribution in [3.8, 4) is 0 Å². The highest BCUT2D eigenvalue weighted by atomic mass is 35.5. The van der Waals surface area contributed by atoms with Gasteiger partial charge in [-0.1, -0.05) is 18.7 Å². The summed E-state index contributed by atoms with van der Waals surface area (Å²) in [4.78, 5) is 30.3. The topological polar surface area (TPSA) is 92.9 Å². The van der Waals surface area contributed by atoms with E-state index < -0.39 is 17.4 Å². The molecule has 0 bridgehead atoms. The summed E-state index contributed by atoms with van der Waals surface area (Å²) in [6.45, 7) is 2.60. The van der Waals surface area contributed by atoms with E-state index in [2.05, 4.69) is 9.97 Å². The number of H-pyrrole nitrogens is 1. The molecule has 21 heavy (non-hydrogen) atoms. The van der Waals surface area contributed by atoms with E-state index >= 15 is 0 Å². The predicted octanol–water partition coefficient (Wildman–Crippen LogP) is 0.525. The Labute approximate surface area is 129 Å². The third-order valence-electron chi connectivity index (χ3n) is 3.00. The van der Waals surface area contributed by atoms with Crippen LogP contribution in [0.15, 0.2) is 14.7 Å². The van der Waals surface area contributed by atoms with Crippen LogP contribution in [0.4, 0.5) is 0 Å². The molecule has 0 saturated carbocycles. The first-order valence-corrected chi connectivity index (χ1v) is 8.08. The van der Waals surface area contributed by atoms with Gasteiger partial charge in [0.1, 0.15) is 0 Å². The molecule has 0 aliphatic rings. The molecular formula is C12H17ClN4O3S. The highest BCUT2D eigenvalue weighted by Gasteiger charge is 2.17. The Balaban J connectivity index is 2.57. The molecule has 0 saturated heterocycles. The van der Waals surface area contributed by atoms with E-state index in [9.17, 15) is 14.7 Å². The minimum atomic E-state index is -0.645. The second-order valence-corrected chi connectivity index (χ2v) is 5.95. The van der Waals surface area contributed by atoms with Crippen LogP contribution in [0, 0.1) is 0 Å².